The van der Waals surface area contributed by atoms with Crippen molar-refractivity contribution in [3.8, 4) is 44.5 Å². The first-order valence-corrected chi connectivity index (χ1v) is 19.8. The summed E-state index contributed by atoms with van der Waals surface area (Å²) in [5.41, 5.74) is 17.3. The summed E-state index contributed by atoms with van der Waals surface area (Å²) in [6, 6.07) is 72.7. The molecule has 1 aliphatic carbocycles. The minimum absolute atomic E-state index is 0.161. The molecule has 0 saturated carbocycles. The molecule has 0 N–H and O–H groups in total. The maximum atomic E-state index is 6.83. The molecule has 0 fully saturated rings. The van der Waals surface area contributed by atoms with E-state index in [1.165, 1.54) is 38.9 Å². The maximum absolute atomic E-state index is 6.83. The van der Waals surface area contributed by atoms with E-state index in [0.29, 0.717) is 0 Å². The molecule has 0 saturated heterocycles. The fourth-order valence-electron chi connectivity index (χ4n) is 9.27. The van der Waals surface area contributed by atoms with Crippen LogP contribution in [-0.2, 0) is 5.41 Å². The molecule has 10 aromatic rings. The Kier molecular flexibility index (Phi) is 7.55. The second-order valence-electron chi connectivity index (χ2n) is 15.7. The highest BCUT2D eigenvalue weighted by Gasteiger charge is 2.36. The topological polar surface area (TPSA) is 16.4 Å². The quantitative estimate of drug-likeness (QED) is 0.169. The molecular weight excluding hydrogens is 691 g/mol. The summed E-state index contributed by atoms with van der Waals surface area (Å²) in [5.74, 6) is 0. The van der Waals surface area contributed by atoms with Gasteiger partial charge in [-0.25, -0.2) is 0 Å². The number of nitrogens with zero attached hydrogens (tertiary/aromatic N) is 1. The molecule has 0 bridgehead atoms. The summed E-state index contributed by atoms with van der Waals surface area (Å²) in [5, 5.41) is 4.43. The number of rotatable bonds is 6. The second kappa shape index (κ2) is 13.0. The van der Waals surface area contributed by atoms with Crippen molar-refractivity contribution in [2.45, 2.75) is 19.3 Å². The first kappa shape index (κ1) is 33.2. The third-order valence-corrected chi connectivity index (χ3v) is 12.0. The minimum atomic E-state index is -0.161. The van der Waals surface area contributed by atoms with Gasteiger partial charge in [0.15, 0.2) is 0 Å². The predicted octanol–water partition coefficient (Wildman–Crippen LogP) is 15.5. The summed E-state index contributed by atoms with van der Waals surface area (Å²) < 4.78 is 6.83. The van der Waals surface area contributed by atoms with Gasteiger partial charge in [-0.2, -0.15) is 0 Å². The Bertz CT molecular complexity index is 3080. The highest BCUT2D eigenvalue weighted by Crippen LogP contribution is 2.52. The second-order valence-corrected chi connectivity index (χ2v) is 15.7. The van der Waals surface area contributed by atoms with E-state index in [0.717, 1.165) is 66.5 Å². The van der Waals surface area contributed by atoms with Crippen molar-refractivity contribution in [2.24, 2.45) is 0 Å². The molecule has 1 aromatic heterocycles. The fraction of sp³-hybridized carbons (Fsp3) is 0.0545. The summed E-state index contributed by atoms with van der Waals surface area (Å²) in [6.07, 6.45) is 0. The zero-order chi connectivity index (χ0) is 38.1. The van der Waals surface area contributed by atoms with Gasteiger partial charge in [-0.05, 0) is 98.1 Å². The number of hydrogen-bond donors (Lipinski definition) is 0. The number of furan rings is 1. The van der Waals surface area contributed by atoms with Crippen LogP contribution < -0.4 is 4.90 Å². The Morgan fingerprint density at radius 3 is 1.67 bits per heavy atom. The minimum Gasteiger partial charge on any atom is -0.455 e. The van der Waals surface area contributed by atoms with Crippen molar-refractivity contribution in [2.75, 3.05) is 4.90 Å². The third-order valence-electron chi connectivity index (χ3n) is 12.0. The largest absolute Gasteiger partial charge is 0.455 e. The molecule has 2 heteroatoms. The van der Waals surface area contributed by atoms with Crippen LogP contribution in [0.5, 0.6) is 0 Å². The Morgan fingerprint density at radius 2 is 0.965 bits per heavy atom. The molecule has 1 heterocycles. The molecule has 0 aliphatic heterocycles. The lowest BCUT2D eigenvalue weighted by Crippen LogP contribution is -2.16. The summed E-state index contributed by atoms with van der Waals surface area (Å²) in [4.78, 5) is 2.49. The van der Waals surface area contributed by atoms with Crippen molar-refractivity contribution in [1.82, 2.24) is 0 Å². The standard InChI is InChI=1S/C55H39NO/c1-55(2)49-27-15-14-23-44(49)45-30-29-41(34-50(45)55)56(42-32-39(36-17-6-3-7-18-36)31-40(33-42)37-19-8-4-9-20-37)51-35-48-53-43(38-21-10-5-11-22-38)26-16-28-52(53)57-54(48)47-25-13-12-24-46(47)51/h3-35H,1-2H3. The Balaban J connectivity index is 1.25. The van der Waals surface area contributed by atoms with Gasteiger partial charge in [-0.3, -0.25) is 0 Å². The predicted molar refractivity (Wildman–Crippen MR) is 240 cm³/mol. The molecule has 0 unspecified atom stereocenters. The molecule has 57 heavy (non-hydrogen) atoms. The van der Waals surface area contributed by atoms with Crippen molar-refractivity contribution in [1.29, 1.82) is 0 Å². The normalized spacial score (nSPS) is 12.9. The van der Waals surface area contributed by atoms with Gasteiger partial charge in [0.1, 0.15) is 11.2 Å². The van der Waals surface area contributed by atoms with Crippen LogP contribution in [0.2, 0.25) is 0 Å². The molecule has 0 atom stereocenters. The lowest BCUT2D eigenvalue weighted by atomic mass is 9.82. The molecule has 11 rings (SSSR count). The van der Waals surface area contributed by atoms with Crippen molar-refractivity contribution >= 4 is 49.8 Å². The molecule has 0 spiro atoms. The summed E-state index contributed by atoms with van der Waals surface area (Å²) in [6.45, 7) is 4.72. The number of hydrogen-bond acceptors (Lipinski definition) is 2. The highest BCUT2D eigenvalue weighted by molar-refractivity contribution is 6.22. The first-order valence-electron chi connectivity index (χ1n) is 19.8. The van der Waals surface area contributed by atoms with E-state index in [1.807, 2.05) is 0 Å². The summed E-state index contributed by atoms with van der Waals surface area (Å²) in [7, 11) is 0. The van der Waals surface area contributed by atoms with Gasteiger partial charge >= 0.3 is 0 Å². The average molecular weight is 730 g/mol. The zero-order valence-electron chi connectivity index (χ0n) is 31.9. The van der Waals surface area contributed by atoms with Gasteiger partial charge in [0.2, 0.25) is 0 Å². The van der Waals surface area contributed by atoms with E-state index >= 15 is 0 Å². The Hall–Kier alpha value is -7.16. The van der Waals surface area contributed by atoms with Crippen LogP contribution in [0.1, 0.15) is 25.0 Å². The van der Waals surface area contributed by atoms with Gasteiger partial charge in [-0.15, -0.1) is 0 Å². The fourth-order valence-corrected chi connectivity index (χ4v) is 9.27. The first-order chi connectivity index (χ1) is 28.0. The van der Waals surface area contributed by atoms with Crippen LogP contribution >= 0.6 is 0 Å². The monoisotopic (exact) mass is 729 g/mol. The zero-order valence-corrected chi connectivity index (χ0v) is 31.9. The highest BCUT2D eigenvalue weighted by atomic mass is 16.3. The van der Waals surface area contributed by atoms with E-state index in [4.69, 9.17) is 4.42 Å². The van der Waals surface area contributed by atoms with Crippen molar-refractivity contribution < 1.29 is 4.42 Å². The van der Waals surface area contributed by atoms with Gasteiger partial charge in [-0.1, -0.05) is 172 Å². The molecule has 0 radical (unpaired) electrons. The average Bonchev–Trinajstić information content (AvgIpc) is 3.76. The van der Waals surface area contributed by atoms with Gasteiger partial charge in [0.05, 0.1) is 5.69 Å². The van der Waals surface area contributed by atoms with Crippen LogP contribution in [0, 0.1) is 0 Å². The van der Waals surface area contributed by atoms with Crippen LogP contribution in [0.25, 0.3) is 77.2 Å². The third kappa shape index (κ3) is 5.33. The van der Waals surface area contributed by atoms with E-state index in [2.05, 4.69) is 219 Å². The van der Waals surface area contributed by atoms with Crippen LogP contribution in [0.4, 0.5) is 17.1 Å². The Labute approximate surface area is 332 Å². The van der Waals surface area contributed by atoms with E-state index in [-0.39, 0.29) is 5.41 Å². The molecule has 270 valence electrons. The lowest BCUT2D eigenvalue weighted by Gasteiger charge is -2.30. The van der Waals surface area contributed by atoms with Gasteiger partial charge in [0.25, 0.3) is 0 Å². The Morgan fingerprint density at radius 1 is 0.386 bits per heavy atom. The summed E-state index contributed by atoms with van der Waals surface area (Å²) >= 11 is 0. The van der Waals surface area contributed by atoms with Gasteiger partial charge < -0.3 is 9.32 Å². The molecule has 9 aromatic carbocycles. The number of benzene rings is 9. The van der Waals surface area contributed by atoms with Crippen LogP contribution in [-0.4, -0.2) is 0 Å². The SMILES string of the molecule is CC1(C)c2ccccc2-c2ccc(N(c3cc(-c4ccccc4)cc(-c4ccccc4)c3)c3cc4c(oc5cccc(-c6ccccc6)c54)c4ccccc34)cc21. The van der Waals surface area contributed by atoms with Crippen molar-refractivity contribution in [3.63, 3.8) is 0 Å². The number of fused-ring (bicyclic) bond motifs is 8. The molecule has 1 aliphatic rings. The smallest absolute Gasteiger partial charge is 0.143 e. The lowest BCUT2D eigenvalue weighted by molar-refractivity contribution is 0.660. The van der Waals surface area contributed by atoms with Crippen molar-refractivity contribution in [3.05, 3.63) is 211 Å². The van der Waals surface area contributed by atoms with Crippen LogP contribution in [0.15, 0.2) is 205 Å². The molecular formula is C55H39NO. The molecule has 2 nitrogen and oxygen atoms in total. The molecule has 0 amide bonds. The van der Waals surface area contributed by atoms with E-state index in [9.17, 15) is 0 Å². The number of anilines is 3. The van der Waals surface area contributed by atoms with Gasteiger partial charge in [0, 0.05) is 38.3 Å². The van der Waals surface area contributed by atoms with E-state index in [1.54, 1.807) is 0 Å². The maximum Gasteiger partial charge on any atom is 0.143 e. The van der Waals surface area contributed by atoms with Crippen LogP contribution in [0.3, 0.4) is 0 Å². The van der Waals surface area contributed by atoms with E-state index < -0.39 is 0 Å².